The summed E-state index contributed by atoms with van der Waals surface area (Å²) in [5.41, 5.74) is 13.0. The van der Waals surface area contributed by atoms with E-state index in [0.29, 0.717) is 11.1 Å². The number of rotatable bonds is 8. The Morgan fingerprint density at radius 1 is 0.329 bits per heavy atom. The van der Waals surface area contributed by atoms with Gasteiger partial charge in [0.05, 0.1) is 37.8 Å². The van der Waals surface area contributed by atoms with Crippen molar-refractivity contribution < 1.29 is 28.6 Å². The van der Waals surface area contributed by atoms with Gasteiger partial charge in [-0.25, -0.2) is 0 Å². The zero-order valence-corrected chi connectivity index (χ0v) is 40.3. The maximum Gasteiger partial charge on any atom is 0.219 e. The Morgan fingerprint density at radius 2 is 0.644 bits per heavy atom. The van der Waals surface area contributed by atoms with Gasteiger partial charge in [0.1, 0.15) is 24.4 Å². The number of benzene rings is 8. The van der Waals surface area contributed by atoms with Crippen LogP contribution in [-0.2, 0) is 45.4 Å². The van der Waals surface area contributed by atoms with Gasteiger partial charge in [-0.05, 0) is 80.9 Å². The second-order valence-electron chi connectivity index (χ2n) is 18.2. The quantitative estimate of drug-likeness (QED) is 0.141. The lowest BCUT2D eigenvalue weighted by molar-refractivity contribution is -0.572. The molecule has 1 aliphatic rings. The third kappa shape index (κ3) is 10.8. The van der Waals surface area contributed by atoms with Gasteiger partial charge in [0, 0.05) is 35.4 Å². The van der Waals surface area contributed by atoms with Gasteiger partial charge in [0.15, 0.2) is 0 Å². The molecule has 7 nitrogen and oxygen atoms in total. The number of hydrogen-bond acceptors (Lipinski definition) is 6. The van der Waals surface area contributed by atoms with Crippen LogP contribution in [0.1, 0.15) is 69.2 Å². The number of aromatic nitrogens is 2. The Hall–Kier alpha value is -8.30. The maximum absolute atomic E-state index is 15.5. The van der Waals surface area contributed by atoms with Crippen LogP contribution in [0.3, 0.4) is 0 Å². The molecule has 4 atom stereocenters. The molecule has 358 valence electrons. The van der Waals surface area contributed by atoms with Crippen molar-refractivity contribution in [2.45, 2.75) is 50.8 Å². The standard InChI is InChI=1S/C66H54N2O5/c69-62-55-39-59(68-60(48-25-10-2-11-26-48)41-54(47-23-8-1-9-24-47)42-61(68)49-27-12-3-13-28-49)40-56(62)44-71-64(51-31-16-5-17-32-51)66(53-35-20-7-21-36-53)73-46-58-38-22-37-57(67-58)45-72-65(52-33-18-6-19-34-52)63(70-43-55)50-29-14-4-15-30-50/h1-42,63-66H,43-46H2/t63-,64-,65-,66-/m0/s1. The zero-order chi connectivity index (χ0) is 49.2. The van der Waals surface area contributed by atoms with Gasteiger partial charge in [0.25, 0.3) is 0 Å². The first-order chi connectivity index (χ1) is 36.1. The molecule has 0 amide bonds. The molecular weight excluding hydrogens is 901 g/mol. The first kappa shape index (κ1) is 47.0. The van der Waals surface area contributed by atoms with Crippen molar-refractivity contribution in [2.24, 2.45) is 0 Å². The average Bonchev–Trinajstić information content (AvgIpc) is 3.46. The van der Waals surface area contributed by atoms with Gasteiger partial charge in [-0.15, -0.1) is 0 Å². The van der Waals surface area contributed by atoms with E-state index in [1.54, 1.807) is 0 Å². The van der Waals surface area contributed by atoms with E-state index in [0.717, 1.165) is 73.0 Å². The Labute approximate surface area is 427 Å². The summed E-state index contributed by atoms with van der Waals surface area (Å²) in [7, 11) is 0. The van der Waals surface area contributed by atoms with E-state index in [4.69, 9.17) is 23.9 Å². The minimum Gasteiger partial charge on any atom is -0.872 e. The molecule has 0 fully saturated rings. The fourth-order valence-corrected chi connectivity index (χ4v) is 9.80. The van der Waals surface area contributed by atoms with Gasteiger partial charge in [-0.3, -0.25) is 4.98 Å². The van der Waals surface area contributed by atoms with E-state index < -0.39 is 24.4 Å². The van der Waals surface area contributed by atoms with Gasteiger partial charge < -0.3 is 24.1 Å². The summed E-state index contributed by atoms with van der Waals surface area (Å²) in [6, 6.07) is 86.2. The monoisotopic (exact) mass is 954 g/mol. The molecule has 3 heterocycles. The normalized spacial score (nSPS) is 17.5. The van der Waals surface area contributed by atoms with E-state index in [-0.39, 0.29) is 32.2 Å². The number of ether oxygens (including phenoxy) is 4. The first-order valence-corrected chi connectivity index (χ1v) is 24.8. The molecule has 10 aromatic rings. The molecular formula is C66H54N2O5. The smallest absolute Gasteiger partial charge is 0.219 e. The summed E-state index contributed by atoms with van der Waals surface area (Å²) < 4.78 is 30.5. The summed E-state index contributed by atoms with van der Waals surface area (Å²) in [6.07, 6.45) is -2.39. The molecule has 0 saturated carbocycles. The highest BCUT2D eigenvalue weighted by atomic mass is 16.5. The van der Waals surface area contributed by atoms with E-state index in [1.807, 2.05) is 121 Å². The lowest BCUT2D eigenvalue weighted by Gasteiger charge is -2.31. The zero-order valence-electron chi connectivity index (χ0n) is 40.3. The average molecular weight is 955 g/mol. The molecule has 2 aromatic heterocycles. The SMILES string of the molecule is [O-]c1c2cc(-[n+]3c(-c4ccccc4)cc(-c4ccccc4)cc3-c3ccccc3)cc1CO[C@@H](c1ccccc1)[C@H](c1ccccc1)OCc1cccc(n1)CO[C@@H](c1ccccc1)[C@H](c1ccccc1)OC2. The molecule has 73 heavy (non-hydrogen) atoms. The van der Waals surface area contributed by atoms with E-state index in [9.17, 15) is 0 Å². The number of pyridine rings is 2. The van der Waals surface area contributed by atoms with Gasteiger partial charge in [-0.2, -0.15) is 4.57 Å². The van der Waals surface area contributed by atoms with Crippen molar-refractivity contribution in [2.75, 3.05) is 0 Å². The number of fused-ring (bicyclic) bond motifs is 4. The van der Waals surface area contributed by atoms with Crippen molar-refractivity contribution in [3.63, 3.8) is 0 Å². The van der Waals surface area contributed by atoms with Crippen molar-refractivity contribution in [3.8, 4) is 45.1 Å². The summed E-state index contributed by atoms with van der Waals surface area (Å²) in [4.78, 5) is 5.06. The van der Waals surface area contributed by atoms with E-state index >= 15 is 5.11 Å². The first-order valence-electron chi connectivity index (χ1n) is 24.8. The van der Waals surface area contributed by atoms with E-state index in [2.05, 4.69) is 138 Å². The molecule has 0 N–H and O–H groups in total. The fraction of sp³-hybridized carbons (Fsp3) is 0.121. The fourth-order valence-electron chi connectivity index (χ4n) is 9.80. The van der Waals surface area contributed by atoms with Crippen molar-refractivity contribution >= 4 is 0 Å². The highest BCUT2D eigenvalue weighted by Crippen LogP contribution is 2.41. The van der Waals surface area contributed by atoms with Crippen LogP contribution >= 0.6 is 0 Å². The predicted molar refractivity (Wildman–Crippen MR) is 284 cm³/mol. The van der Waals surface area contributed by atoms with E-state index in [1.165, 1.54) is 0 Å². The molecule has 0 unspecified atom stereocenters. The van der Waals surface area contributed by atoms with Crippen molar-refractivity contribution in [1.29, 1.82) is 0 Å². The molecule has 1 aliphatic heterocycles. The molecule has 4 bridgehead atoms. The second kappa shape index (κ2) is 22.4. The Balaban J connectivity index is 1.13. The second-order valence-corrected chi connectivity index (χ2v) is 18.2. The Morgan fingerprint density at radius 3 is 1.00 bits per heavy atom. The molecule has 8 aromatic carbocycles. The predicted octanol–water partition coefficient (Wildman–Crippen LogP) is 14.2. The molecule has 0 aliphatic carbocycles. The molecule has 0 spiro atoms. The third-order valence-electron chi connectivity index (χ3n) is 13.4. The van der Waals surface area contributed by atoms with Crippen LogP contribution in [-0.4, -0.2) is 4.98 Å². The number of nitrogens with zero attached hydrogens (tertiary/aromatic N) is 2. The Bertz CT molecular complexity index is 3170. The van der Waals surface area contributed by atoms with Crippen LogP contribution in [0.4, 0.5) is 0 Å². The van der Waals surface area contributed by atoms with Crippen LogP contribution in [0.2, 0.25) is 0 Å². The largest absolute Gasteiger partial charge is 0.872 e. The molecule has 0 radical (unpaired) electrons. The van der Waals surface area contributed by atoms with Gasteiger partial charge >= 0.3 is 0 Å². The minimum absolute atomic E-state index is 0.0263. The summed E-state index contributed by atoms with van der Waals surface area (Å²) in [5.74, 6) is -0.166. The third-order valence-corrected chi connectivity index (χ3v) is 13.4. The van der Waals surface area contributed by atoms with Crippen LogP contribution in [0.25, 0.3) is 39.3 Å². The van der Waals surface area contributed by atoms with Crippen LogP contribution in [0.5, 0.6) is 5.75 Å². The number of hydrogen-bond donors (Lipinski definition) is 0. The minimum atomic E-state index is -0.622. The summed E-state index contributed by atoms with van der Waals surface area (Å²) in [5, 5.41) is 15.5. The van der Waals surface area contributed by atoms with Crippen molar-refractivity contribution in [1.82, 2.24) is 4.98 Å². The highest BCUT2D eigenvalue weighted by Gasteiger charge is 2.32. The lowest BCUT2D eigenvalue weighted by atomic mass is 9.97. The lowest BCUT2D eigenvalue weighted by Crippen LogP contribution is -2.37. The van der Waals surface area contributed by atoms with Crippen LogP contribution in [0, 0.1) is 0 Å². The summed E-state index contributed by atoms with van der Waals surface area (Å²) in [6.45, 7) is 0.345. The topological polar surface area (TPSA) is 76.8 Å². The van der Waals surface area contributed by atoms with Gasteiger partial charge in [-0.1, -0.05) is 200 Å². The van der Waals surface area contributed by atoms with Crippen LogP contribution in [0.15, 0.2) is 255 Å². The van der Waals surface area contributed by atoms with Gasteiger partial charge in [0.2, 0.25) is 17.1 Å². The maximum atomic E-state index is 15.5. The molecule has 0 saturated heterocycles. The highest BCUT2D eigenvalue weighted by molar-refractivity contribution is 5.74. The van der Waals surface area contributed by atoms with Crippen molar-refractivity contribution in [3.05, 3.63) is 300 Å². The molecule has 11 rings (SSSR count). The van der Waals surface area contributed by atoms with Crippen LogP contribution < -0.4 is 9.67 Å². The Kier molecular flexibility index (Phi) is 14.4. The summed E-state index contributed by atoms with van der Waals surface area (Å²) >= 11 is 0. The molecule has 7 heteroatoms.